The molecule has 0 radical (unpaired) electrons. The van der Waals surface area contributed by atoms with Crippen molar-refractivity contribution in [3.05, 3.63) is 71.8 Å². The van der Waals surface area contributed by atoms with Gasteiger partial charge in [-0.15, -0.1) is 0 Å². The van der Waals surface area contributed by atoms with Crippen molar-refractivity contribution in [2.75, 3.05) is 5.32 Å². The molecule has 0 saturated carbocycles. The Bertz CT molecular complexity index is 644. The highest BCUT2D eigenvalue weighted by Gasteiger charge is 2.40. The summed E-state index contributed by atoms with van der Waals surface area (Å²) >= 11 is 0. The number of halogens is 3. The summed E-state index contributed by atoms with van der Waals surface area (Å²) in [7, 11) is 0. The Morgan fingerprint density at radius 1 is 0.850 bits per heavy atom. The summed E-state index contributed by atoms with van der Waals surface area (Å²) < 4.78 is 39.1. The van der Waals surface area contributed by atoms with E-state index in [0.29, 0.717) is 11.3 Å². The van der Waals surface area contributed by atoms with E-state index in [1.807, 2.05) is 42.5 Å². The summed E-state index contributed by atoms with van der Waals surface area (Å²) in [5, 5.41) is 2.54. The van der Waals surface area contributed by atoms with E-state index >= 15 is 0 Å². The number of nitrogens with one attached hydrogen (secondary N) is 1. The molecular formula is C16H12F3N. The van der Waals surface area contributed by atoms with E-state index in [1.165, 1.54) is 6.08 Å². The molecule has 0 aromatic heterocycles. The number of rotatable bonds is 1. The second kappa shape index (κ2) is 4.71. The molecule has 1 aliphatic heterocycles. The molecule has 0 saturated heterocycles. The maximum Gasteiger partial charge on any atom is 0.412 e. The predicted octanol–water partition coefficient (Wildman–Crippen LogP) is 4.47. The van der Waals surface area contributed by atoms with Gasteiger partial charge in [0.15, 0.2) is 0 Å². The number of para-hydroxylation sites is 1. The third kappa shape index (κ3) is 2.29. The third-order valence-corrected chi connectivity index (χ3v) is 3.30. The number of anilines is 1. The molecule has 0 aliphatic carbocycles. The summed E-state index contributed by atoms with van der Waals surface area (Å²) in [4.78, 5) is 0. The normalized spacial score (nSPS) is 17.9. The molecule has 0 fully saturated rings. The number of alkyl halides is 3. The van der Waals surface area contributed by atoms with Crippen LogP contribution in [0.5, 0.6) is 0 Å². The van der Waals surface area contributed by atoms with Crippen LogP contribution in [0.2, 0.25) is 0 Å². The van der Waals surface area contributed by atoms with Gasteiger partial charge in [0, 0.05) is 11.3 Å². The Balaban J connectivity index is 2.15. The highest BCUT2D eigenvalue weighted by atomic mass is 19.4. The van der Waals surface area contributed by atoms with E-state index in [1.54, 1.807) is 12.1 Å². The van der Waals surface area contributed by atoms with E-state index in [0.717, 1.165) is 11.1 Å². The fourth-order valence-electron chi connectivity index (χ4n) is 2.36. The zero-order valence-electron chi connectivity index (χ0n) is 10.5. The molecule has 0 spiro atoms. The maximum absolute atomic E-state index is 13.0. The van der Waals surface area contributed by atoms with Gasteiger partial charge in [-0.1, -0.05) is 48.5 Å². The molecule has 20 heavy (non-hydrogen) atoms. The van der Waals surface area contributed by atoms with Gasteiger partial charge in [-0.2, -0.15) is 13.2 Å². The molecule has 0 amide bonds. The largest absolute Gasteiger partial charge is 0.412 e. The van der Waals surface area contributed by atoms with Crippen LogP contribution in [-0.2, 0) is 0 Å². The van der Waals surface area contributed by atoms with Crippen molar-refractivity contribution in [3.63, 3.8) is 0 Å². The van der Waals surface area contributed by atoms with Crippen LogP contribution in [0.4, 0.5) is 18.9 Å². The summed E-state index contributed by atoms with van der Waals surface area (Å²) in [6.45, 7) is 0. The highest BCUT2D eigenvalue weighted by Crippen LogP contribution is 2.37. The standard InChI is InChI=1S/C16H12F3N/c17-16(18,19)15-10-13(11-6-2-1-3-7-11)12-8-4-5-9-14(12)20-15/h1-10,15,20H. The van der Waals surface area contributed by atoms with Gasteiger partial charge in [0.2, 0.25) is 0 Å². The number of benzene rings is 2. The highest BCUT2D eigenvalue weighted by molar-refractivity contribution is 5.89. The van der Waals surface area contributed by atoms with Gasteiger partial charge in [0.05, 0.1) is 0 Å². The lowest BCUT2D eigenvalue weighted by Crippen LogP contribution is -2.36. The molecule has 1 aliphatic rings. The third-order valence-electron chi connectivity index (χ3n) is 3.30. The second-order valence-corrected chi connectivity index (χ2v) is 4.66. The van der Waals surface area contributed by atoms with Crippen molar-refractivity contribution in [2.24, 2.45) is 0 Å². The van der Waals surface area contributed by atoms with Gasteiger partial charge < -0.3 is 5.32 Å². The van der Waals surface area contributed by atoms with Crippen molar-refractivity contribution >= 4 is 11.3 Å². The molecule has 102 valence electrons. The monoisotopic (exact) mass is 275 g/mol. The lowest BCUT2D eigenvalue weighted by Gasteiger charge is -2.28. The summed E-state index contributed by atoms with van der Waals surface area (Å²) in [5.74, 6) is 0. The van der Waals surface area contributed by atoms with Crippen LogP contribution in [0.3, 0.4) is 0 Å². The van der Waals surface area contributed by atoms with Gasteiger partial charge in [0.1, 0.15) is 6.04 Å². The first-order valence-corrected chi connectivity index (χ1v) is 6.25. The van der Waals surface area contributed by atoms with E-state index in [2.05, 4.69) is 5.32 Å². The molecule has 1 atom stereocenters. The van der Waals surface area contributed by atoms with E-state index < -0.39 is 12.2 Å². The minimum absolute atomic E-state index is 0.510. The van der Waals surface area contributed by atoms with Crippen molar-refractivity contribution in [1.29, 1.82) is 0 Å². The molecule has 1 N–H and O–H groups in total. The van der Waals surface area contributed by atoms with E-state index in [-0.39, 0.29) is 0 Å². The molecule has 4 heteroatoms. The lowest BCUT2D eigenvalue weighted by atomic mass is 9.91. The van der Waals surface area contributed by atoms with Crippen LogP contribution < -0.4 is 5.32 Å². The molecular weight excluding hydrogens is 263 g/mol. The molecule has 1 unspecified atom stereocenters. The Labute approximate surface area is 114 Å². The Morgan fingerprint density at radius 2 is 1.50 bits per heavy atom. The molecule has 2 aromatic carbocycles. The lowest BCUT2D eigenvalue weighted by molar-refractivity contribution is -0.132. The maximum atomic E-state index is 13.0. The Kier molecular flexibility index (Phi) is 3.01. The molecule has 1 nitrogen and oxygen atoms in total. The van der Waals surface area contributed by atoms with Gasteiger partial charge in [0.25, 0.3) is 0 Å². The quantitative estimate of drug-likeness (QED) is 0.809. The van der Waals surface area contributed by atoms with Crippen LogP contribution in [-0.4, -0.2) is 12.2 Å². The minimum Gasteiger partial charge on any atom is -0.370 e. The number of hydrogen-bond donors (Lipinski definition) is 1. The molecule has 1 heterocycles. The second-order valence-electron chi connectivity index (χ2n) is 4.66. The predicted molar refractivity (Wildman–Crippen MR) is 73.4 cm³/mol. The first kappa shape index (κ1) is 12.8. The zero-order valence-corrected chi connectivity index (χ0v) is 10.5. The van der Waals surface area contributed by atoms with Crippen LogP contribution in [0.25, 0.3) is 5.57 Å². The van der Waals surface area contributed by atoms with Crippen molar-refractivity contribution in [3.8, 4) is 0 Å². The molecule has 3 rings (SSSR count). The fraction of sp³-hybridized carbons (Fsp3) is 0.125. The van der Waals surface area contributed by atoms with Crippen LogP contribution in [0.1, 0.15) is 11.1 Å². The van der Waals surface area contributed by atoms with Gasteiger partial charge >= 0.3 is 6.18 Å². The molecule has 2 aromatic rings. The minimum atomic E-state index is -4.31. The first-order valence-electron chi connectivity index (χ1n) is 6.25. The van der Waals surface area contributed by atoms with Crippen LogP contribution in [0.15, 0.2) is 60.7 Å². The summed E-state index contributed by atoms with van der Waals surface area (Å²) in [6, 6.07) is 14.5. The van der Waals surface area contributed by atoms with E-state index in [9.17, 15) is 13.2 Å². The Hall–Kier alpha value is -2.23. The van der Waals surface area contributed by atoms with Crippen molar-refractivity contribution in [1.82, 2.24) is 0 Å². The van der Waals surface area contributed by atoms with Crippen molar-refractivity contribution < 1.29 is 13.2 Å². The van der Waals surface area contributed by atoms with E-state index in [4.69, 9.17) is 0 Å². The smallest absolute Gasteiger partial charge is 0.370 e. The molecule has 0 bridgehead atoms. The Morgan fingerprint density at radius 3 is 2.20 bits per heavy atom. The average molecular weight is 275 g/mol. The van der Waals surface area contributed by atoms with Crippen molar-refractivity contribution in [2.45, 2.75) is 12.2 Å². The van der Waals surface area contributed by atoms with Crippen LogP contribution in [0, 0.1) is 0 Å². The first-order chi connectivity index (χ1) is 9.55. The summed E-state index contributed by atoms with van der Waals surface area (Å²) in [6.07, 6.45) is -3.06. The number of fused-ring (bicyclic) bond motifs is 1. The average Bonchev–Trinajstić information content (AvgIpc) is 2.46. The fourth-order valence-corrected chi connectivity index (χ4v) is 2.36. The van der Waals surface area contributed by atoms with Gasteiger partial charge in [-0.3, -0.25) is 0 Å². The summed E-state index contributed by atoms with van der Waals surface area (Å²) in [5.41, 5.74) is 2.70. The van der Waals surface area contributed by atoms with Crippen LogP contribution >= 0.6 is 0 Å². The topological polar surface area (TPSA) is 12.0 Å². The van der Waals surface area contributed by atoms with Gasteiger partial charge in [-0.05, 0) is 23.3 Å². The SMILES string of the molecule is FC(F)(F)C1C=C(c2ccccc2)c2ccccc2N1. The van der Waals surface area contributed by atoms with Gasteiger partial charge in [-0.25, -0.2) is 0 Å². The zero-order chi connectivity index (χ0) is 14.2. The number of hydrogen-bond acceptors (Lipinski definition) is 1.